The van der Waals surface area contributed by atoms with Crippen LogP contribution in [0.3, 0.4) is 0 Å². The fourth-order valence-electron chi connectivity index (χ4n) is 2.30. The quantitative estimate of drug-likeness (QED) is 0.629. The number of ether oxygens (including phenoxy) is 1. The molecule has 0 radical (unpaired) electrons. The fraction of sp³-hybridized carbons (Fsp3) is 0.846. The van der Waals surface area contributed by atoms with Crippen LogP contribution in [0.2, 0.25) is 0 Å². The van der Waals surface area contributed by atoms with Crippen LogP contribution < -0.4 is 10.6 Å². The summed E-state index contributed by atoms with van der Waals surface area (Å²) in [5, 5.41) is 14.3. The van der Waals surface area contributed by atoms with E-state index in [0.29, 0.717) is 24.6 Å². The van der Waals surface area contributed by atoms with Crippen molar-refractivity contribution in [2.75, 3.05) is 25.2 Å². The van der Waals surface area contributed by atoms with Gasteiger partial charge in [-0.1, -0.05) is 6.92 Å². The predicted molar refractivity (Wildman–Crippen MR) is 79.1 cm³/mol. The first-order valence-corrected chi connectivity index (χ1v) is 8.35. The summed E-state index contributed by atoms with van der Waals surface area (Å²) < 4.78 is 5.55. The summed E-state index contributed by atoms with van der Waals surface area (Å²) in [6, 6.07) is -1.25. The topological polar surface area (TPSA) is 87.7 Å². The first kappa shape index (κ1) is 17.1. The summed E-state index contributed by atoms with van der Waals surface area (Å²) in [4.78, 5) is 22.8. The fourth-order valence-corrected chi connectivity index (χ4v) is 2.78. The Morgan fingerprint density at radius 2 is 2.25 bits per heavy atom. The molecule has 2 unspecified atom stereocenters. The maximum Gasteiger partial charge on any atom is 0.326 e. The van der Waals surface area contributed by atoms with Gasteiger partial charge in [-0.05, 0) is 31.3 Å². The van der Waals surface area contributed by atoms with Gasteiger partial charge in [-0.15, -0.1) is 0 Å². The lowest BCUT2D eigenvalue weighted by molar-refractivity contribution is -0.139. The summed E-state index contributed by atoms with van der Waals surface area (Å²) >= 11 is 1.56. The van der Waals surface area contributed by atoms with Crippen molar-refractivity contribution in [2.24, 2.45) is 5.92 Å². The minimum Gasteiger partial charge on any atom is -0.480 e. The number of nitrogens with one attached hydrogen (secondary N) is 2. The zero-order valence-electron chi connectivity index (χ0n) is 12.1. The average molecular weight is 304 g/mol. The highest BCUT2D eigenvalue weighted by Crippen LogP contribution is 2.22. The van der Waals surface area contributed by atoms with Crippen LogP contribution in [0.4, 0.5) is 4.79 Å². The molecular formula is C13H24N2O4S. The number of aliphatic carboxylic acids is 1. The SMILES string of the molecule is CCC1OCCC1CNC(=O)N[C@H](CCSC)C(=O)O. The molecule has 1 heterocycles. The van der Waals surface area contributed by atoms with Crippen LogP contribution in [0.5, 0.6) is 0 Å². The second-order valence-electron chi connectivity index (χ2n) is 4.89. The van der Waals surface area contributed by atoms with Crippen LogP contribution in [0.15, 0.2) is 0 Å². The predicted octanol–water partition coefficient (Wildman–Crippen LogP) is 1.31. The minimum absolute atomic E-state index is 0.196. The third kappa shape index (κ3) is 5.58. The van der Waals surface area contributed by atoms with Gasteiger partial charge in [0.1, 0.15) is 6.04 Å². The van der Waals surface area contributed by atoms with Gasteiger partial charge in [0.25, 0.3) is 0 Å². The Balaban J connectivity index is 2.32. The number of carboxylic acids is 1. The molecule has 0 aromatic rings. The van der Waals surface area contributed by atoms with Gasteiger partial charge >= 0.3 is 12.0 Å². The molecule has 6 nitrogen and oxygen atoms in total. The first-order chi connectivity index (χ1) is 9.58. The number of carbonyl (C=O) groups excluding carboxylic acids is 1. The van der Waals surface area contributed by atoms with Crippen molar-refractivity contribution in [1.82, 2.24) is 10.6 Å². The van der Waals surface area contributed by atoms with Gasteiger partial charge in [-0.2, -0.15) is 11.8 Å². The molecule has 1 fully saturated rings. The lowest BCUT2D eigenvalue weighted by atomic mass is 10.00. The Hall–Kier alpha value is -0.950. The molecule has 1 saturated heterocycles. The van der Waals surface area contributed by atoms with E-state index in [2.05, 4.69) is 17.6 Å². The zero-order chi connectivity index (χ0) is 15.0. The normalized spacial score (nSPS) is 23.3. The molecular weight excluding hydrogens is 280 g/mol. The second-order valence-corrected chi connectivity index (χ2v) is 5.88. The summed E-state index contributed by atoms with van der Waals surface area (Å²) in [6.45, 7) is 3.32. The number of hydrogen-bond donors (Lipinski definition) is 3. The van der Waals surface area contributed by atoms with E-state index in [9.17, 15) is 9.59 Å². The molecule has 20 heavy (non-hydrogen) atoms. The summed E-state index contributed by atoms with van der Waals surface area (Å²) in [7, 11) is 0. The molecule has 0 aliphatic carbocycles. The molecule has 116 valence electrons. The van der Waals surface area contributed by atoms with E-state index >= 15 is 0 Å². The number of rotatable bonds is 8. The molecule has 3 atom stereocenters. The van der Waals surface area contributed by atoms with E-state index in [1.54, 1.807) is 11.8 Å². The molecule has 1 rings (SSSR count). The van der Waals surface area contributed by atoms with Gasteiger partial charge in [-0.25, -0.2) is 9.59 Å². The van der Waals surface area contributed by atoms with Crippen LogP contribution in [0, 0.1) is 5.92 Å². The number of carboxylic acid groups (broad SMARTS) is 1. The van der Waals surface area contributed by atoms with Gasteiger partial charge in [0, 0.05) is 19.1 Å². The lowest BCUT2D eigenvalue weighted by Gasteiger charge is -2.19. The molecule has 0 spiro atoms. The second kappa shape index (κ2) is 9.07. The number of carbonyl (C=O) groups is 2. The van der Waals surface area contributed by atoms with Gasteiger partial charge < -0.3 is 20.5 Å². The highest BCUT2D eigenvalue weighted by Gasteiger charge is 2.27. The highest BCUT2D eigenvalue weighted by atomic mass is 32.2. The van der Waals surface area contributed by atoms with Crippen molar-refractivity contribution in [1.29, 1.82) is 0 Å². The monoisotopic (exact) mass is 304 g/mol. The molecule has 7 heteroatoms. The molecule has 0 bridgehead atoms. The smallest absolute Gasteiger partial charge is 0.326 e. The summed E-state index contributed by atoms with van der Waals surface area (Å²) in [6.07, 6.45) is 4.40. The van der Waals surface area contributed by atoms with Crippen molar-refractivity contribution >= 4 is 23.8 Å². The maximum atomic E-state index is 11.7. The third-order valence-electron chi connectivity index (χ3n) is 3.49. The largest absolute Gasteiger partial charge is 0.480 e. The van der Waals surface area contributed by atoms with E-state index in [0.717, 1.165) is 19.4 Å². The molecule has 2 amide bonds. The average Bonchev–Trinajstić information content (AvgIpc) is 2.88. The maximum absolute atomic E-state index is 11.7. The van der Waals surface area contributed by atoms with E-state index < -0.39 is 18.0 Å². The Morgan fingerprint density at radius 3 is 2.85 bits per heavy atom. The number of hydrogen-bond acceptors (Lipinski definition) is 4. The number of thioether (sulfide) groups is 1. The highest BCUT2D eigenvalue weighted by molar-refractivity contribution is 7.98. The molecule has 3 N–H and O–H groups in total. The third-order valence-corrected chi connectivity index (χ3v) is 4.13. The molecule has 0 saturated carbocycles. The molecule has 1 aliphatic rings. The van der Waals surface area contributed by atoms with Gasteiger partial charge in [0.2, 0.25) is 0 Å². The van der Waals surface area contributed by atoms with Crippen LogP contribution in [-0.4, -0.2) is 54.4 Å². The van der Waals surface area contributed by atoms with Crippen LogP contribution in [0.25, 0.3) is 0 Å². The number of urea groups is 1. The van der Waals surface area contributed by atoms with Crippen molar-refractivity contribution in [3.63, 3.8) is 0 Å². The molecule has 1 aliphatic heterocycles. The minimum atomic E-state index is -0.996. The molecule has 0 aromatic carbocycles. The Kier molecular flexibility index (Phi) is 7.76. The summed E-state index contributed by atoms with van der Waals surface area (Å²) in [5.41, 5.74) is 0. The van der Waals surface area contributed by atoms with Crippen molar-refractivity contribution in [3.05, 3.63) is 0 Å². The lowest BCUT2D eigenvalue weighted by Crippen LogP contribution is -2.47. The van der Waals surface area contributed by atoms with Gasteiger partial charge in [0.05, 0.1) is 6.10 Å². The Labute approximate surface area is 124 Å². The van der Waals surface area contributed by atoms with Crippen LogP contribution >= 0.6 is 11.8 Å². The first-order valence-electron chi connectivity index (χ1n) is 6.96. The van der Waals surface area contributed by atoms with Crippen molar-refractivity contribution in [3.8, 4) is 0 Å². The van der Waals surface area contributed by atoms with Crippen molar-refractivity contribution < 1.29 is 19.4 Å². The standard InChI is InChI=1S/C13H24N2O4S/c1-3-11-9(4-6-19-11)8-14-13(18)15-10(12(16)17)5-7-20-2/h9-11H,3-8H2,1-2H3,(H,16,17)(H2,14,15,18)/t9?,10-,11?/m1/s1. The van der Waals surface area contributed by atoms with Crippen LogP contribution in [-0.2, 0) is 9.53 Å². The van der Waals surface area contributed by atoms with Crippen molar-refractivity contribution in [2.45, 2.75) is 38.3 Å². The Bertz CT molecular complexity index is 327. The van der Waals surface area contributed by atoms with Gasteiger partial charge in [0.15, 0.2) is 0 Å². The molecule has 0 aromatic heterocycles. The zero-order valence-corrected chi connectivity index (χ0v) is 12.9. The van der Waals surface area contributed by atoms with E-state index in [-0.39, 0.29) is 6.10 Å². The van der Waals surface area contributed by atoms with Crippen LogP contribution in [0.1, 0.15) is 26.2 Å². The van der Waals surface area contributed by atoms with E-state index in [1.165, 1.54) is 0 Å². The number of amides is 2. The van der Waals surface area contributed by atoms with Gasteiger partial charge in [-0.3, -0.25) is 0 Å². The Morgan fingerprint density at radius 1 is 1.50 bits per heavy atom. The van der Waals surface area contributed by atoms with E-state index in [1.807, 2.05) is 6.26 Å². The summed E-state index contributed by atoms with van der Waals surface area (Å²) in [5.74, 6) is 0.0241. The van der Waals surface area contributed by atoms with E-state index in [4.69, 9.17) is 9.84 Å².